The van der Waals surface area contributed by atoms with E-state index < -0.39 is 22.9 Å². The maximum atomic E-state index is 12.6. The topological polar surface area (TPSA) is 117 Å². The lowest BCUT2D eigenvalue weighted by atomic mass is 10.2. The van der Waals surface area contributed by atoms with Gasteiger partial charge in [0.1, 0.15) is 5.76 Å². The number of benzene rings is 1. The van der Waals surface area contributed by atoms with Gasteiger partial charge in [0.25, 0.3) is 11.6 Å². The van der Waals surface area contributed by atoms with Crippen LogP contribution in [-0.4, -0.2) is 27.5 Å². The van der Waals surface area contributed by atoms with Crippen LogP contribution >= 0.6 is 0 Å². The van der Waals surface area contributed by atoms with Crippen molar-refractivity contribution in [1.29, 1.82) is 0 Å². The van der Waals surface area contributed by atoms with Gasteiger partial charge in [-0.3, -0.25) is 14.9 Å². The molecule has 1 amide bonds. The SMILES string of the molecule is Cc1cc(C(=O)OC(C)C(=O)Nc2cccc([N+](=O)[O-])c2)c(C)n1Cc1ccco1. The lowest BCUT2D eigenvalue weighted by Gasteiger charge is -2.14. The van der Waals surface area contributed by atoms with Crippen LogP contribution in [0.15, 0.2) is 53.1 Å². The molecule has 0 saturated heterocycles. The van der Waals surface area contributed by atoms with Crippen molar-refractivity contribution in [2.45, 2.75) is 33.4 Å². The first-order chi connectivity index (χ1) is 14.3. The maximum absolute atomic E-state index is 12.6. The number of furan rings is 1. The third kappa shape index (κ3) is 4.57. The standard InChI is InChI=1S/C21H21N3O6/c1-13-10-19(14(2)23(13)12-18-8-5-9-29-18)21(26)30-15(3)20(25)22-16-6-4-7-17(11-16)24(27)28/h4-11,15H,12H2,1-3H3,(H,22,25). The van der Waals surface area contributed by atoms with E-state index in [1.54, 1.807) is 25.3 Å². The molecule has 30 heavy (non-hydrogen) atoms. The van der Waals surface area contributed by atoms with Gasteiger partial charge in [-0.05, 0) is 45.0 Å². The molecule has 0 radical (unpaired) electrons. The van der Waals surface area contributed by atoms with Crippen molar-refractivity contribution in [3.63, 3.8) is 0 Å². The molecule has 3 rings (SSSR count). The van der Waals surface area contributed by atoms with E-state index in [2.05, 4.69) is 5.32 Å². The minimum Gasteiger partial charge on any atom is -0.467 e. The summed E-state index contributed by atoms with van der Waals surface area (Å²) < 4.78 is 12.6. The van der Waals surface area contributed by atoms with Crippen LogP contribution in [0.2, 0.25) is 0 Å². The largest absolute Gasteiger partial charge is 0.467 e. The average Bonchev–Trinajstić information content (AvgIpc) is 3.31. The molecule has 0 aliphatic rings. The summed E-state index contributed by atoms with van der Waals surface area (Å²) >= 11 is 0. The van der Waals surface area contributed by atoms with Gasteiger partial charge in [0.05, 0.1) is 23.3 Å². The van der Waals surface area contributed by atoms with Gasteiger partial charge >= 0.3 is 5.97 Å². The first kappa shape index (κ1) is 20.8. The fraction of sp³-hybridized carbons (Fsp3) is 0.238. The van der Waals surface area contributed by atoms with E-state index in [4.69, 9.17) is 9.15 Å². The summed E-state index contributed by atoms with van der Waals surface area (Å²) in [5.41, 5.74) is 1.99. The van der Waals surface area contributed by atoms with Crippen molar-refractivity contribution in [2.24, 2.45) is 0 Å². The number of anilines is 1. The number of ether oxygens (including phenoxy) is 1. The molecule has 1 atom stereocenters. The van der Waals surface area contributed by atoms with E-state index in [9.17, 15) is 19.7 Å². The van der Waals surface area contributed by atoms with Gasteiger partial charge in [-0.1, -0.05) is 6.07 Å². The quantitative estimate of drug-likeness (QED) is 0.359. The zero-order valence-electron chi connectivity index (χ0n) is 16.7. The summed E-state index contributed by atoms with van der Waals surface area (Å²) in [6.45, 7) is 5.57. The van der Waals surface area contributed by atoms with E-state index in [1.165, 1.54) is 31.2 Å². The van der Waals surface area contributed by atoms with Crippen molar-refractivity contribution >= 4 is 23.3 Å². The molecule has 0 saturated carbocycles. The first-order valence-corrected chi connectivity index (χ1v) is 9.21. The molecule has 0 bridgehead atoms. The highest BCUT2D eigenvalue weighted by molar-refractivity contribution is 5.98. The summed E-state index contributed by atoms with van der Waals surface area (Å²) in [7, 11) is 0. The minimum absolute atomic E-state index is 0.151. The fourth-order valence-corrected chi connectivity index (χ4v) is 3.03. The Morgan fingerprint density at radius 3 is 2.67 bits per heavy atom. The van der Waals surface area contributed by atoms with Crippen LogP contribution in [0, 0.1) is 24.0 Å². The molecule has 1 unspecified atom stereocenters. The van der Waals surface area contributed by atoms with E-state index in [0.717, 1.165) is 11.5 Å². The Balaban J connectivity index is 1.67. The fourth-order valence-electron chi connectivity index (χ4n) is 3.03. The van der Waals surface area contributed by atoms with E-state index in [-0.39, 0.29) is 11.4 Å². The Morgan fingerprint density at radius 2 is 2.00 bits per heavy atom. The van der Waals surface area contributed by atoms with E-state index >= 15 is 0 Å². The predicted molar refractivity (Wildman–Crippen MR) is 108 cm³/mol. The number of nitro groups is 1. The number of aromatic nitrogens is 1. The summed E-state index contributed by atoms with van der Waals surface area (Å²) in [5.74, 6) is -0.467. The number of rotatable bonds is 7. The van der Waals surface area contributed by atoms with Crippen molar-refractivity contribution in [1.82, 2.24) is 4.57 Å². The lowest BCUT2D eigenvalue weighted by Crippen LogP contribution is -2.30. The van der Waals surface area contributed by atoms with Gasteiger partial charge in [0, 0.05) is 29.2 Å². The summed E-state index contributed by atoms with van der Waals surface area (Å²) in [6.07, 6.45) is 0.491. The highest BCUT2D eigenvalue weighted by atomic mass is 16.6. The third-order valence-electron chi connectivity index (χ3n) is 4.67. The molecule has 2 aromatic heterocycles. The van der Waals surface area contributed by atoms with Gasteiger partial charge in [0.15, 0.2) is 6.10 Å². The molecule has 1 N–H and O–H groups in total. The third-order valence-corrected chi connectivity index (χ3v) is 4.67. The number of nitro benzene ring substituents is 1. The van der Waals surface area contributed by atoms with E-state index in [1.807, 2.05) is 17.6 Å². The number of hydrogen-bond acceptors (Lipinski definition) is 6. The first-order valence-electron chi connectivity index (χ1n) is 9.21. The predicted octanol–water partition coefficient (Wildman–Crippen LogP) is 3.84. The van der Waals surface area contributed by atoms with Gasteiger partial charge in [0.2, 0.25) is 0 Å². The number of amides is 1. The summed E-state index contributed by atoms with van der Waals surface area (Å²) in [6, 6.07) is 10.9. The van der Waals surface area contributed by atoms with Crippen LogP contribution in [0.3, 0.4) is 0 Å². The Morgan fingerprint density at radius 1 is 1.23 bits per heavy atom. The van der Waals surface area contributed by atoms with Crippen LogP contribution in [0.25, 0.3) is 0 Å². The van der Waals surface area contributed by atoms with Crippen LogP contribution in [-0.2, 0) is 16.1 Å². The average molecular weight is 411 g/mol. The number of nitrogens with zero attached hydrogens (tertiary/aromatic N) is 2. The summed E-state index contributed by atoms with van der Waals surface area (Å²) in [5, 5.41) is 13.4. The highest BCUT2D eigenvalue weighted by Crippen LogP contribution is 2.20. The van der Waals surface area contributed by atoms with E-state index in [0.29, 0.717) is 17.8 Å². The van der Waals surface area contributed by atoms with Gasteiger partial charge in [-0.15, -0.1) is 0 Å². The lowest BCUT2D eigenvalue weighted by molar-refractivity contribution is -0.384. The molecular weight excluding hydrogens is 390 g/mol. The normalized spacial score (nSPS) is 11.7. The molecule has 0 aliphatic heterocycles. The number of hydrogen-bond donors (Lipinski definition) is 1. The van der Waals surface area contributed by atoms with Crippen LogP contribution in [0.1, 0.15) is 34.4 Å². The van der Waals surface area contributed by atoms with Gasteiger partial charge < -0.3 is 19.0 Å². The molecule has 9 nitrogen and oxygen atoms in total. The monoisotopic (exact) mass is 411 g/mol. The molecule has 2 heterocycles. The minimum atomic E-state index is -1.09. The molecule has 0 spiro atoms. The zero-order chi connectivity index (χ0) is 21.8. The van der Waals surface area contributed by atoms with Crippen molar-refractivity contribution in [3.05, 3.63) is 81.6 Å². The molecule has 9 heteroatoms. The van der Waals surface area contributed by atoms with Crippen LogP contribution in [0.4, 0.5) is 11.4 Å². The second-order valence-electron chi connectivity index (χ2n) is 6.79. The molecular formula is C21H21N3O6. The Bertz CT molecular complexity index is 1080. The second-order valence-corrected chi connectivity index (χ2v) is 6.79. The van der Waals surface area contributed by atoms with Gasteiger partial charge in [-0.25, -0.2) is 4.79 Å². The molecule has 3 aromatic rings. The smallest absolute Gasteiger partial charge is 0.340 e. The number of carbonyl (C=O) groups is 2. The number of carbonyl (C=O) groups excluding carboxylic acids is 2. The summed E-state index contributed by atoms with van der Waals surface area (Å²) in [4.78, 5) is 35.3. The van der Waals surface area contributed by atoms with Crippen LogP contribution < -0.4 is 5.32 Å². The highest BCUT2D eigenvalue weighted by Gasteiger charge is 2.23. The Kier molecular flexibility index (Phi) is 6.01. The van der Waals surface area contributed by atoms with Crippen LogP contribution in [0.5, 0.6) is 0 Å². The maximum Gasteiger partial charge on any atom is 0.340 e. The van der Waals surface area contributed by atoms with Crippen molar-refractivity contribution in [3.8, 4) is 0 Å². The van der Waals surface area contributed by atoms with Gasteiger partial charge in [-0.2, -0.15) is 0 Å². The van der Waals surface area contributed by atoms with Crippen molar-refractivity contribution in [2.75, 3.05) is 5.32 Å². The Hall–Kier alpha value is -3.88. The number of non-ortho nitro benzene ring substituents is 1. The molecule has 0 aliphatic carbocycles. The van der Waals surface area contributed by atoms with Crippen molar-refractivity contribution < 1.29 is 23.7 Å². The molecule has 0 fully saturated rings. The second kappa shape index (κ2) is 8.64. The number of aryl methyl sites for hydroxylation is 1. The molecule has 156 valence electrons. The molecule has 1 aromatic carbocycles. The Labute approximate surface area is 172 Å². The number of esters is 1. The zero-order valence-corrected chi connectivity index (χ0v) is 16.7. The number of nitrogens with one attached hydrogen (secondary N) is 1.